The summed E-state index contributed by atoms with van der Waals surface area (Å²) in [5.41, 5.74) is 0. The van der Waals surface area contributed by atoms with Crippen LogP contribution < -0.4 is 20.1 Å². The minimum absolute atomic E-state index is 0.228. The average Bonchev–Trinajstić information content (AvgIpc) is 3.06. The van der Waals surface area contributed by atoms with E-state index in [-0.39, 0.29) is 5.75 Å². The zero-order chi connectivity index (χ0) is 35.3. The highest BCUT2D eigenvalue weighted by Crippen LogP contribution is 2.33. The zero-order valence-electron chi connectivity index (χ0n) is 26.9. The van der Waals surface area contributed by atoms with Crippen LogP contribution in [0.15, 0.2) is 24.3 Å². The van der Waals surface area contributed by atoms with Crippen molar-refractivity contribution in [3.8, 4) is 11.5 Å². The van der Waals surface area contributed by atoms with Gasteiger partial charge in [0.1, 0.15) is 60.2 Å². The molecule has 3 saturated heterocycles. The van der Waals surface area contributed by atoms with E-state index in [4.69, 9.17) is 33.2 Å². The van der Waals surface area contributed by atoms with Crippen LogP contribution in [0.25, 0.3) is 0 Å². The van der Waals surface area contributed by atoms with Gasteiger partial charge < -0.3 is 79.5 Å². The van der Waals surface area contributed by atoms with Crippen molar-refractivity contribution in [3.63, 3.8) is 0 Å². The molecule has 1 aromatic rings. The van der Waals surface area contributed by atoms with E-state index in [2.05, 4.69) is 10.6 Å². The minimum atomic E-state index is -1.77. The number of benzene rings is 1. The molecule has 3 aliphatic rings. The largest absolute Gasteiger partial charge is 0.497 e. The van der Waals surface area contributed by atoms with Crippen LogP contribution >= 0.6 is 0 Å². The molecule has 3 aliphatic heterocycles. The summed E-state index contributed by atoms with van der Waals surface area (Å²) >= 11 is 0. The molecule has 6 unspecified atom stereocenters. The van der Waals surface area contributed by atoms with E-state index < -0.39 is 123 Å². The number of carbonyl (C=O) groups excluding carboxylic acids is 2. The van der Waals surface area contributed by atoms with E-state index >= 15 is 0 Å². The van der Waals surface area contributed by atoms with E-state index in [1.165, 1.54) is 21.0 Å². The molecule has 0 bridgehead atoms. The van der Waals surface area contributed by atoms with Gasteiger partial charge in [0.15, 0.2) is 18.7 Å². The van der Waals surface area contributed by atoms with Crippen LogP contribution in [0, 0.1) is 5.92 Å². The first-order valence-electron chi connectivity index (χ1n) is 15.5. The van der Waals surface area contributed by atoms with E-state index in [0.29, 0.717) is 5.75 Å². The minimum Gasteiger partial charge on any atom is -0.497 e. The van der Waals surface area contributed by atoms with Crippen molar-refractivity contribution in [3.05, 3.63) is 24.3 Å². The lowest BCUT2D eigenvalue weighted by atomic mass is 9.89. The van der Waals surface area contributed by atoms with Crippen LogP contribution in [0.2, 0.25) is 0 Å². The third kappa shape index (κ3) is 8.70. The van der Waals surface area contributed by atoms with Crippen LogP contribution in [0.3, 0.4) is 0 Å². The Morgan fingerprint density at radius 2 is 1.23 bits per heavy atom. The monoisotopic (exact) mass is 690 g/mol. The number of nitrogens with one attached hydrogen (secondary N) is 2. The quantitative estimate of drug-likeness (QED) is 0.101. The van der Waals surface area contributed by atoms with Crippen LogP contribution in [0.5, 0.6) is 11.5 Å². The highest BCUT2D eigenvalue weighted by atomic mass is 16.8. The molecule has 3 fully saturated rings. The summed E-state index contributed by atoms with van der Waals surface area (Å²) in [6.45, 7) is 2.32. The molecule has 272 valence electrons. The SMILES string of the molecule is COc1ccc(O[C@H]2OC(CO[C@@H]3OC(CO)[C@@H](O)[C@H](O)C3NC(C)=O)[C@@H](O)[C@H](O)C2O[C@@H]2OC(CO)[C@@H](C)[C@H](O)C2NC(C)=O)cc1. The fourth-order valence-corrected chi connectivity index (χ4v) is 5.83. The average molecular weight is 691 g/mol. The molecule has 15 atom stereocenters. The second kappa shape index (κ2) is 16.8. The van der Waals surface area contributed by atoms with E-state index in [1.54, 1.807) is 31.2 Å². The lowest BCUT2D eigenvalue weighted by molar-refractivity contribution is -0.345. The molecule has 0 spiro atoms. The summed E-state index contributed by atoms with van der Waals surface area (Å²) in [5, 5.41) is 78.9. The first-order chi connectivity index (χ1) is 22.8. The molecule has 0 radical (unpaired) electrons. The first-order valence-corrected chi connectivity index (χ1v) is 15.5. The summed E-state index contributed by atoms with van der Waals surface area (Å²) in [7, 11) is 1.48. The maximum Gasteiger partial charge on any atom is 0.229 e. The van der Waals surface area contributed by atoms with E-state index in [0.717, 1.165) is 0 Å². The van der Waals surface area contributed by atoms with Gasteiger partial charge in [0.25, 0.3) is 0 Å². The third-order valence-electron chi connectivity index (χ3n) is 8.57. The van der Waals surface area contributed by atoms with Crippen molar-refractivity contribution in [1.29, 1.82) is 0 Å². The van der Waals surface area contributed by atoms with Crippen molar-refractivity contribution in [2.24, 2.45) is 5.92 Å². The van der Waals surface area contributed by atoms with Crippen molar-refractivity contribution in [1.82, 2.24) is 10.6 Å². The maximum absolute atomic E-state index is 12.0. The Bertz CT molecular complexity index is 1190. The number of rotatable bonds is 12. The Balaban J connectivity index is 1.58. The molecule has 0 saturated carbocycles. The van der Waals surface area contributed by atoms with E-state index in [9.17, 15) is 45.3 Å². The Kier molecular flexibility index (Phi) is 13.3. The second-order valence-corrected chi connectivity index (χ2v) is 12.0. The van der Waals surface area contributed by atoms with Crippen molar-refractivity contribution >= 4 is 11.8 Å². The Morgan fingerprint density at radius 1 is 0.708 bits per heavy atom. The summed E-state index contributed by atoms with van der Waals surface area (Å²) < 4.78 is 40.5. The van der Waals surface area contributed by atoms with Gasteiger partial charge >= 0.3 is 0 Å². The number of aliphatic hydroxyl groups excluding tert-OH is 7. The lowest BCUT2D eigenvalue weighted by Gasteiger charge is -2.48. The smallest absolute Gasteiger partial charge is 0.229 e. The fourth-order valence-electron chi connectivity index (χ4n) is 5.83. The zero-order valence-corrected chi connectivity index (χ0v) is 26.9. The van der Waals surface area contributed by atoms with Crippen molar-refractivity contribution in [2.45, 2.75) is 107 Å². The number of hydrogen-bond acceptors (Lipinski definition) is 16. The topological polar surface area (TPSA) is 264 Å². The Morgan fingerprint density at radius 3 is 1.79 bits per heavy atom. The van der Waals surface area contributed by atoms with E-state index in [1.807, 2.05) is 0 Å². The molecule has 18 nitrogen and oxygen atoms in total. The first kappa shape index (κ1) is 38.1. The Hall–Kier alpha value is -2.72. The predicted molar refractivity (Wildman–Crippen MR) is 159 cm³/mol. The molecule has 48 heavy (non-hydrogen) atoms. The lowest BCUT2D eigenvalue weighted by Crippen LogP contribution is -2.67. The summed E-state index contributed by atoms with van der Waals surface area (Å²) in [5.74, 6) is -0.965. The normalized spacial score (nSPS) is 40.1. The highest BCUT2D eigenvalue weighted by molar-refractivity contribution is 5.73. The molecule has 18 heteroatoms. The van der Waals surface area contributed by atoms with Gasteiger partial charge in [-0.25, -0.2) is 0 Å². The standard InChI is InChI=1S/C30H46N2O16/c1-12-17(9-33)45-29(20(22(12)37)31-13(2)35)48-27-26(41)24(39)19(47-30(27)44-16-7-5-15(42-4)6-8-16)11-43-28-21(32-14(3)36)25(40)23(38)18(10-34)46-28/h5-8,12,17-30,33-34,37-41H,9-11H2,1-4H3,(H,31,35)(H,32,36)/t12-,17?,18?,19?,20?,21?,22+,23-,24-,25-,26+,27?,28-,29+,30+/m1/s1. The second-order valence-electron chi connectivity index (χ2n) is 12.0. The number of hydrogen-bond donors (Lipinski definition) is 9. The van der Waals surface area contributed by atoms with Gasteiger partial charge in [-0.15, -0.1) is 0 Å². The third-order valence-corrected chi connectivity index (χ3v) is 8.57. The number of amides is 2. The van der Waals surface area contributed by atoms with Crippen LogP contribution in [-0.4, -0.2) is 160 Å². The highest BCUT2D eigenvalue weighted by Gasteiger charge is 2.52. The van der Waals surface area contributed by atoms with Crippen LogP contribution in [0.4, 0.5) is 0 Å². The molecule has 2 amide bonds. The maximum atomic E-state index is 12.0. The van der Waals surface area contributed by atoms with Crippen molar-refractivity contribution < 1.29 is 78.5 Å². The molecule has 3 heterocycles. The van der Waals surface area contributed by atoms with Gasteiger partial charge in [0.05, 0.1) is 39.1 Å². The number of aliphatic hydroxyl groups is 7. The van der Waals surface area contributed by atoms with Gasteiger partial charge in [0.2, 0.25) is 18.1 Å². The summed E-state index contributed by atoms with van der Waals surface area (Å²) in [4.78, 5) is 23.8. The fraction of sp³-hybridized carbons (Fsp3) is 0.733. The van der Waals surface area contributed by atoms with Gasteiger partial charge in [-0.2, -0.15) is 0 Å². The molecule has 1 aromatic carbocycles. The number of methoxy groups -OCH3 is 1. The molecule has 0 aliphatic carbocycles. The molecular weight excluding hydrogens is 644 g/mol. The van der Waals surface area contributed by atoms with Crippen LogP contribution in [0.1, 0.15) is 20.8 Å². The number of carbonyl (C=O) groups is 2. The van der Waals surface area contributed by atoms with Gasteiger partial charge in [-0.3, -0.25) is 9.59 Å². The van der Waals surface area contributed by atoms with Gasteiger partial charge in [0, 0.05) is 19.8 Å². The predicted octanol–water partition coefficient (Wildman–Crippen LogP) is -3.91. The number of ether oxygens (including phenoxy) is 7. The van der Waals surface area contributed by atoms with Crippen LogP contribution in [-0.2, 0) is 33.3 Å². The molecule has 0 aromatic heterocycles. The summed E-state index contributed by atoms with van der Waals surface area (Å²) in [6.07, 6.45) is -17.3. The van der Waals surface area contributed by atoms with Gasteiger partial charge in [-0.05, 0) is 24.3 Å². The van der Waals surface area contributed by atoms with Crippen molar-refractivity contribution in [2.75, 3.05) is 26.9 Å². The Labute approximate surface area is 276 Å². The summed E-state index contributed by atoms with van der Waals surface area (Å²) in [6, 6.07) is 3.85. The van der Waals surface area contributed by atoms with Gasteiger partial charge in [-0.1, -0.05) is 6.92 Å². The molecule has 4 rings (SSSR count). The molecular formula is C30H46N2O16. The molecule has 9 N–H and O–H groups in total.